The maximum atomic E-state index is 11.2. The van der Waals surface area contributed by atoms with Gasteiger partial charge in [-0.15, -0.1) is 0 Å². The SMILES string of the molecule is CN=Cc1ccccc1Pc1cc(CC2C=CC=CC2)cc(CC2C=CC=CC2)c1O. The van der Waals surface area contributed by atoms with Crippen molar-refractivity contribution >= 4 is 25.4 Å². The van der Waals surface area contributed by atoms with Crippen molar-refractivity contribution in [3.63, 3.8) is 0 Å². The van der Waals surface area contributed by atoms with Gasteiger partial charge in [0.15, 0.2) is 0 Å². The number of rotatable bonds is 7. The van der Waals surface area contributed by atoms with Crippen molar-refractivity contribution in [2.75, 3.05) is 7.05 Å². The second-order valence-electron chi connectivity index (χ2n) is 8.28. The Hall–Kier alpha value is -2.70. The molecular weight excluding hydrogens is 397 g/mol. The monoisotopic (exact) mass is 427 g/mol. The van der Waals surface area contributed by atoms with Gasteiger partial charge in [-0.05, 0) is 65.6 Å². The van der Waals surface area contributed by atoms with Gasteiger partial charge in [0.25, 0.3) is 0 Å². The molecule has 0 heterocycles. The molecule has 158 valence electrons. The molecule has 0 fully saturated rings. The highest BCUT2D eigenvalue weighted by Crippen LogP contribution is 2.30. The highest BCUT2D eigenvalue weighted by atomic mass is 31.1. The molecule has 0 aliphatic heterocycles. The fraction of sp³-hybridized carbons (Fsp3) is 0.250. The van der Waals surface area contributed by atoms with Gasteiger partial charge in [0.2, 0.25) is 0 Å². The van der Waals surface area contributed by atoms with E-state index in [1.54, 1.807) is 7.05 Å². The zero-order valence-corrected chi connectivity index (χ0v) is 19.0. The summed E-state index contributed by atoms with van der Waals surface area (Å²) in [7, 11) is 2.20. The molecule has 2 aliphatic rings. The predicted molar refractivity (Wildman–Crippen MR) is 136 cm³/mol. The van der Waals surface area contributed by atoms with Gasteiger partial charge >= 0.3 is 0 Å². The number of hydrogen-bond donors (Lipinski definition) is 1. The van der Waals surface area contributed by atoms with Gasteiger partial charge in [-0.25, -0.2) is 0 Å². The molecule has 0 spiro atoms. The van der Waals surface area contributed by atoms with Crippen LogP contribution in [0.15, 0.2) is 90.0 Å². The molecule has 0 aromatic heterocycles. The summed E-state index contributed by atoms with van der Waals surface area (Å²) in [6, 6.07) is 12.8. The smallest absolute Gasteiger partial charge is 0.126 e. The van der Waals surface area contributed by atoms with E-state index in [9.17, 15) is 5.11 Å². The third-order valence-electron chi connectivity index (χ3n) is 5.87. The van der Waals surface area contributed by atoms with Gasteiger partial charge in [0.05, 0.1) is 0 Å². The summed E-state index contributed by atoms with van der Waals surface area (Å²) in [4.78, 5) is 4.21. The molecular formula is C28H30NOP. The van der Waals surface area contributed by atoms with Crippen LogP contribution in [0.1, 0.15) is 29.5 Å². The molecule has 4 rings (SSSR count). The first kappa shape index (κ1) is 21.5. The van der Waals surface area contributed by atoms with E-state index in [0.717, 1.165) is 42.1 Å². The summed E-state index contributed by atoms with van der Waals surface area (Å²) in [5, 5.41) is 13.5. The first-order valence-electron chi connectivity index (χ1n) is 11.0. The van der Waals surface area contributed by atoms with E-state index in [1.165, 1.54) is 10.9 Å². The lowest BCUT2D eigenvalue weighted by Crippen LogP contribution is -2.13. The summed E-state index contributed by atoms with van der Waals surface area (Å²) in [6.45, 7) is 0. The van der Waals surface area contributed by atoms with E-state index < -0.39 is 0 Å². The molecule has 0 bridgehead atoms. The van der Waals surface area contributed by atoms with Crippen LogP contribution in [-0.4, -0.2) is 18.4 Å². The fourth-order valence-electron chi connectivity index (χ4n) is 4.29. The van der Waals surface area contributed by atoms with Crippen LogP contribution in [0.3, 0.4) is 0 Å². The third-order valence-corrected chi connectivity index (χ3v) is 7.24. The van der Waals surface area contributed by atoms with Crippen molar-refractivity contribution < 1.29 is 5.11 Å². The molecule has 0 radical (unpaired) electrons. The molecule has 2 aliphatic carbocycles. The van der Waals surface area contributed by atoms with Crippen molar-refractivity contribution in [3.05, 3.63) is 102 Å². The van der Waals surface area contributed by atoms with Crippen LogP contribution in [0.25, 0.3) is 0 Å². The van der Waals surface area contributed by atoms with E-state index in [4.69, 9.17) is 0 Å². The summed E-state index contributed by atoms with van der Waals surface area (Å²) in [5.74, 6) is 1.43. The Morgan fingerprint density at radius 2 is 1.65 bits per heavy atom. The fourth-order valence-corrected chi connectivity index (χ4v) is 5.59. The first-order valence-corrected chi connectivity index (χ1v) is 12.0. The Balaban J connectivity index is 1.66. The van der Waals surface area contributed by atoms with Gasteiger partial charge in [-0.2, -0.15) is 0 Å². The zero-order valence-electron chi connectivity index (χ0n) is 18.0. The average Bonchev–Trinajstić information content (AvgIpc) is 2.80. The molecule has 2 aromatic rings. The van der Waals surface area contributed by atoms with E-state index in [1.807, 2.05) is 12.3 Å². The Morgan fingerprint density at radius 3 is 2.32 bits per heavy atom. The molecule has 3 atom stereocenters. The lowest BCUT2D eigenvalue weighted by Gasteiger charge is -2.20. The molecule has 0 saturated heterocycles. The van der Waals surface area contributed by atoms with E-state index >= 15 is 0 Å². The zero-order chi connectivity index (χ0) is 21.5. The topological polar surface area (TPSA) is 32.6 Å². The Bertz CT molecular complexity index is 1060. The van der Waals surface area contributed by atoms with Gasteiger partial charge in [-0.3, -0.25) is 4.99 Å². The maximum absolute atomic E-state index is 11.2. The Kier molecular flexibility index (Phi) is 7.33. The number of hydrogen-bond acceptors (Lipinski definition) is 2. The molecule has 0 amide bonds. The number of allylic oxidation sites excluding steroid dienone is 8. The standard InChI is InChI=1S/C28H30NOP/c1-29-20-24-14-8-9-15-26(24)31-27-19-23(16-21-10-4-2-5-11-21)18-25(28(27)30)17-22-12-6-3-7-13-22/h2-10,12,14-15,18-22,30-31H,11,13,16-17H2,1H3. The van der Waals surface area contributed by atoms with Gasteiger partial charge < -0.3 is 5.11 Å². The number of phenolic OH excluding ortho intramolecular Hbond substituents is 1. The predicted octanol–water partition coefficient (Wildman–Crippen LogP) is 5.42. The van der Waals surface area contributed by atoms with Crippen molar-refractivity contribution in [1.29, 1.82) is 0 Å². The minimum absolute atomic E-state index is 0.396. The number of aromatic hydroxyl groups is 1. The number of phenols is 1. The summed E-state index contributed by atoms with van der Waals surface area (Å²) >= 11 is 0. The van der Waals surface area contributed by atoms with Gasteiger partial charge in [0.1, 0.15) is 5.75 Å². The highest BCUT2D eigenvalue weighted by Gasteiger charge is 2.17. The van der Waals surface area contributed by atoms with Crippen LogP contribution in [0.4, 0.5) is 0 Å². The molecule has 1 N–H and O–H groups in total. The Labute approximate surface area is 187 Å². The molecule has 0 saturated carbocycles. The summed E-state index contributed by atoms with van der Waals surface area (Å²) in [6.07, 6.45) is 23.4. The van der Waals surface area contributed by atoms with Gasteiger partial charge in [0, 0.05) is 18.6 Å². The second kappa shape index (κ2) is 10.6. The first-order chi connectivity index (χ1) is 15.2. The third kappa shape index (κ3) is 5.71. The van der Waals surface area contributed by atoms with Crippen molar-refractivity contribution in [2.45, 2.75) is 25.7 Å². The Morgan fingerprint density at radius 1 is 0.935 bits per heavy atom. The van der Waals surface area contributed by atoms with Gasteiger partial charge in [-0.1, -0.05) is 87.5 Å². The van der Waals surface area contributed by atoms with Crippen LogP contribution in [0.2, 0.25) is 0 Å². The van der Waals surface area contributed by atoms with E-state index in [0.29, 0.717) is 26.2 Å². The highest BCUT2D eigenvalue weighted by molar-refractivity contribution is 7.56. The molecule has 3 unspecified atom stereocenters. The van der Waals surface area contributed by atoms with Crippen LogP contribution in [0, 0.1) is 11.8 Å². The number of aliphatic imine (C=N–C) groups is 1. The van der Waals surface area contributed by atoms with E-state index in [2.05, 4.69) is 83.9 Å². The lowest BCUT2D eigenvalue weighted by molar-refractivity contribution is 0.467. The quantitative estimate of drug-likeness (QED) is 0.464. The maximum Gasteiger partial charge on any atom is 0.126 e. The summed E-state index contributed by atoms with van der Waals surface area (Å²) in [5.41, 5.74) is 3.51. The van der Waals surface area contributed by atoms with Crippen LogP contribution < -0.4 is 10.6 Å². The van der Waals surface area contributed by atoms with Crippen LogP contribution in [0.5, 0.6) is 5.75 Å². The van der Waals surface area contributed by atoms with Crippen molar-refractivity contribution in [1.82, 2.24) is 0 Å². The van der Waals surface area contributed by atoms with Crippen molar-refractivity contribution in [3.8, 4) is 5.75 Å². The van der Waals surface area contributed by atoms with E-state index in [-0.39, 0.29) is 0 Å². The molecule has 31 heavy (non-hydrogen) atoms. The van der Waals surface area contributed by atoms with Crippen molar-refractivity contribution in [2.24, 2.45) is 16.8 Å². The lowest BCUT2D eigenvalue weighted by atomic mass is 9.89. The minimum atomic E-state index is 0.396. The van der Waals surface area contributed by atoms with Crippen LogP contribution >= 0.6 is 8.58 Å². The molecule has 2 aromatic carbocycles. The minimum Gasteiger partial charge on any atom is -0.507 e. The largest absolute Gasteiger partial charge is 0.507 e. The normalized spacial score (nSPS) is 20.4. The summed E-state index contributed by atoms with van der Waals surface area (Å²) < 4.78 is 0. The molecule has 3 heteroatoms. The second-order valence-corrected chi connectivity index (χ2v) is 9.60. The number of benzene rings is 2. The number of nitrogens with zero attached hydrogens (tertiary/aromatic N) is 1. The van der Waals surface area contributed by atoms with Crippen LogP contribution in [-0.2, 0) is 12.8 Å². The average molecular weight is 428 g/mol. The molecule has 2 nitrogen and oxygen atoms in total.